The summed E-state index contributed by atoms with van der Waals surface area (Å²) in [6.07, 6.45) is -0.737. The zero-order chi connectivity index (χ0) is 28.3. The van der Waals surface area contributed by atoms with Crippen molar-refractivity contribution in [3.05, 3.63) is 132 Å². The van der Waals surface area contributed by atoms with Gasteiger partial charge in [0.25, 0.3) is 0 Å². The van der Waals surface area contributed by atoms with Gasteiger partial charge in [-0.05, 0) is 50.6 Å². The molecule has 0 spiro atoms. The first-order chi connectivity index (χ1) is 20.7. The first-order valence-electron chi connectivity index (χ1n) is 15.0. The summed E-state index contributed by atoms with van der Waals surface area (Å²) in [4.78, 5) is 0. The van der Waals surface area contributed by atoms with Gasteiger partial charge in [0.1, 0.15) is 12.2 Å². The average molecular weight is 579 g/mol. The van der Waals surface area contributed by atoms with Crippen LogP contribution in [0, 0.1) is 0 Å². The van der Waals surface area contributed by atoms with Crippen molar-refractivity contribution in [2.45, 2.75) is 50.0 Å². The molecule has 0 aliphatic carbocycles. The molecule has 0 saturated carbocycles. The Morgan fingerprint density at radius 1 is 0.690 bits per heavy atom. The number of hydrogen-bond acceptors (Lipinski definition) is 4. The van der Waals surface area contributed by atoms with E-state index in [0.29, 0.717) is 25.1 Å². The van der Waals surface area contributed by atoms with Crippen molar-refractivity contribution in [1.82, 2.24) is 0 Å². The van der Waals surface area contributed by atoms with Crippen molar-refractivity contribution in [1.29, 1.82) is 0 Å². The number of rotatable bonds is 8. The summed E-state index contributed by atoms with van der Waals surface area (Å²) in [5.41, 5.74) is 3.39. The quantitative estimate of drug-likeness (QED) is 0.190. The van der Waals surface area contributed by atoms with Gasteiger partial charge in [-0.25, -0.2) is 10.9 Å². The SMILES string of the molecule is CC[SH]1C[C@H](OCc2ccc3ccccc3c2)[C@H](OCc2ccc3ccccc3c2)[C@@H]2O[C@@H](c3ccccc3)OC[C@H]21. The van der Waals surface area contributed by atoms with Gasteiger partial charge in [0, 0.05) is 16.6 Å². The van der Waals surface area contributed by atoms with E-state index in [0.717, 1.165) is 22.6 Å². The fourth-order valence-electron chi connectivity index (χ4n) is 6.40. The monoisotopic (exact) mass is 578 g/mol. The Bertz CT molecular complexity index is 1640. The van der Waals surface area contributed by atoms with Gasteiger partial charge in [0.2, 0.25) is 0 Å². The van der Waals surface area contributed by atoms with Gasteiger partial charge in [-0.1, -0.05) is 110 Å². The van der Waals surface area contributed by atoms with Gasteiger partial charge >= 0.3 is 0 Å². The minimum Gasteiger partial charge on any atom is -0.370 e. The van der Waals surface area contributed by atoms with Gasteiger partial charge in [-0.2, -0.15) is 0 Å². The van der Waals surface area contributed by atoms with Gasteiger partial charge in [-0.3, -0.25) is 0 Å². The molecule has 7 rings (SSSR count). The van der Waals surface area contributed by atoms with Crippen LogP contribution in [0.15, 0.2) is 115 Å². The van der Waals surface area contributed by atoms with E-state index >= 15 is 0 Å². The average Bonchev–Trinajstić information content (AvgIpc) is 3.06. The normalized spacial score (nSPS) is 26.7. The van der Waals surface area contributed by atoms with Crippen LogP contribution in [0.3, 0.4) is 0 Å². The van der Waals surface area contributed by atoms with Crippen molar-refractivity contribution >= 4 is 32.4 Å². The Kier molecular flexibility index (Phi) is 8.28. The molecule has 2 aliphatic rings. The highest BCUT2D eigenvalue weighted by Crippen LogP contribution is 2.47. The van der Waals surface area contributed by atoms with E-state index in [1.165, 1.54) is 27.1 Å². The van der Waals surface area contributed by atoms with Crippen molar-refractivity contribution < 1.29 is 18.9 Å². The fourth-order valence-corrected chi connectivity index (χ4v) is 9.12. The molecular weight excluding hydrogens is 540 g/mol. The highest BCUT2D eigenvalue weighted by Gasteiger charge is 2.48. The Labute approximate surface area is 250 Å². The summed E-state index contributed by atoms with van der Waals surface area (Å²) >= 11 is 0. The maximum Gasteiger partial charge on any atom is 0.184 e. The Morgan fingerprint density at radius 3 is 1.93 bits per heavy atom. The van der Waals surface area contributed by atoms with Crippen LogP contribution in [0.5, 0.6) is 0 Å². The smallest absolute Gasteiger partial charge is 0.184 e. The minimum absolute atomic E-state index is 0.0567. The maximum atomic E-state index is 6.84. The molecule has 5 heteroatoms. The Morgan fingerprint density at radius 2 is 1.29 bits per heavy atom. The molecule has 2 fully saturated rings. The number of benzene rings is 5. The maximum absolute atomic E-state index is 6.84. The summed E-state index contributed by atoms with van der Waals surface area (Å²) in [6, 6.07) is 40.4. The molecule has 0 N–H and O–H groups in total. The van der Waals surface area contributed by atoms with Crippen LogP contribution >= 0.6 is 10.9 Å². The second-order valence-electron chi connectivity index (χ2n) is 11.3. The molecule has 6 atom stereocenters. The summed E-state index contributed by atoms with van der Waals surface area (Å²) in [6.45, 7) is 4.05. The van der Waals surface area contributed by atoms with Crippen LogP contribution in [0.1, 0.15) is 29.9 Å². The van der Waals surface area contributed by atoms with E-state index in [2.05, 4.69) is 104 Å². The highest BCUT2D eigenvalue weighted by molar-refractivity contribution is 8.17. The zero-order valence-corrected chi connectivity index (χ0v) is 24.9. The molecular formula is C37H38O4S. The van der Waals surface area contributed by atoms with Crippen molar-refractivity contribution in [2.75, 3.05) is 18.1 Å². The third-order valence-electron chi connectivity index (χ3n) is 8.66. The van der Waals surface area contributed by atoms with Crippen molar-refractivity contribution in [3.8, 4) is 0 Å². The van der Waals surface area contributed by atoms with Crippen LogP contribution in [0.25, 0.3) is 21.5 Å². The van der Waals surface area contributed by atoms with E-state index in [-0.39, 0.29) is 29.2 Å². The van der Waals surface area contributed by atoms with E-state index in [4.69, 9.17) is 18.9 Å². The molecule has 1 unspecified atom stereocenters. The number of hydrogen-bond donors (Lipinski definition) is 1. The Balaban J connectivity index is 1.16. The summed E-state index contributed by atoms with van der Waals surface area (Å²) in [5, 5.41) is 5.27. The Hall–Kier alpha value is -3.19. The van der Waals surface area contributed by atoms with Crippen LogP contribution in [-0.2, 0) is 32.2 Å². The van der Waals surface area contributed by atoms with Crippen LogP contribution < -0.4 is 0 Å². The molecule has 0 radical (unpaired) electrons. The standard InChI is InChI=1S/C37H38O4S/c1-2-42-25-33(38-22-26-16-18-28-10-6-8-14-31(28)20-26)35(39-23-27-17-19-29-11-7-9-15-32(29)21-27)36-34(42)24-40-37(41-36)30-12-4-3-5-13-30/h3-21,33-37,42H,2,22-25H2,1H3/t33-,34+,35-,36+,37-/m0/s1. The first kappa shape index (κ1) is 27.6. The lowest BCUT2D eigenvalue weighted by Crippen LogP contribution is -2.58. The summed E-state index contributed by atoms with van der Waals surface area (Å²) < 4.78 is 26.8. The predicted octanol–water partition coefficient (Wildman–Crippen LogP) is 7.98. The minimum atomic E-state index is -0.396. The number of thiol groups is 1. The molecule has 0 bridgehead atoms. The fraction of sp³-hybridized carbons (Fsp3) is 0.297. The lowest BCUT2D eigenvalue weighted by molar-refractivity contribution is -0.256. The molecule has 2 aliphatic heterocycles. The van der Waals surface area contributed by atoms with Crippen LogP contribution in [-0.4, -0.2) is 41.7 Å². The molecule has 2 heterocycles. The molecule has 5 aromatic carbocycles. The molecule has 5 aromatic rings. The van der Waals surface area contributed by atoms with Gasteiger partial charge in [-0.15, -0.1) is 0 Å². The first-order valence-corrected chi connectivity index (χ1v) is 16.8. The highest BCUT2D eigenvalue weighted by atomic mass is 32.2. The van der Waals surface area contributed by atoms with Gasteiger partial charge in [0.05, 0.1) is 25.9 Å². The van der Waals surface area contributed by atoms with Crippen molar-refractivity contribution in [2.24, 2.45) is 0 Å². The number of ether oxygens (including phenoxy) is 4. The second kappa shape index (κ2) is 12.6. The van der Waals surface area contributed by atoms with Crippen LogP contribution in [0.2, 0.25) is 0 Å². The van der Waals surface area contributed by atoms with Crippen molar-refractivity contribution in [3.63, 3.8) is 0 Å². The zero-order valence-electron chi connectivity index (χ0n) is 24.0. The molecule has 0 amide bonds. The molecule has 2 saturated heterocycles. The largest absolute Gasteiger partial charge is 0.370 e. The van der Waals surface area contributed by atoms with Gasteiger partial charge < -0.3 is 18.9 Å². The topological polar surface area (TPSA) is 36.9 Å². The van der Waals surface area contributed by atoms with E-state index < -0.39 is 6.29 Å². The van der Waals surface area contributed by atoms with E-state index in [9.17, 15) is 0 Å². The van der Waals surface area contributed by atoms with Gasteiger partial charge in [0.15, 0.2) is 6.29 Å². The molecule has 216 valence electrons. The third kappa shape index (κ3) is 5.85. The third-order valence-corrected chi connectivity index (χ3v) is 11.7. The van der Waals surface area contributed by atoms with Crippen LogP contribution in [0.4, 0.5) is 0 Å². The summed E-state index contributed by atoms with van der Waals surface area (Å²) in [7, 11) is -0.333. The molecule has 0 aromatic heterocycles. The molecule has 42 heavy (non-hydrogen) atoms. The lowest BCUT2D eigenvalue weighted by atomic mass is 10.0. The molecule has 4 nitrogen and oxygen atoms in total. The predicted molar refractivity (Wildman–Crippen MR) is 173 cm³/mol. The summed E-state index contributed by atoms with van der Waals surface area (Å²) in [5.74, 6) is 2.11. The number of fused-ring (bicyclic) bond motifs is 3. The van der Waals surface area contributed by atoms with E-state index in [1.54, 1.807) is 0 Å². The lowest BCUT2D eigenvalue weighted by Gasteiger charge is -2.51. The van der Waals surface area contributed by atoms with E-state index in [1.807, 2.05) is 18.2 Å². The second-order valence-corrected chi connectivity index (χ2v) is 14.2.